The molecule has 0 fully saturated rings. The third-order valence-electron chi connectivity index (χ3n) is 3.31. The standard InChI is InChI=1S/C17H15N3OS/c1-11-5-6-14(12(2)8-11)15-10-22-17(19-15)20-16(21)13-4-3-7-18-9-13/h3-10H,1-2H3,(H,19,20,21). The number of carbonyl (C=O) groups excluding carboxylic acids is 1. The number of hydrogen-bond donors (Lipinski definition) is 1. The van der Waals surface area contributed by atoms with Gasteiger partial charge in [-0.15, -0.1) is 11.3 Å². The number of benzene rings is 1. The van der Waals surface area contributed by atoms with Crippen molar-refractivity contribution < 1.29 is 4.79 Å². The van der Waals surface area contributed by atoms with Crippen LogP contribution in [-0.2, 0) is 0 Å². The molecule has 3 rings (SSSR count). The Balaban J connectivity index is 1.81. The number of carbonyl (C=O) groups is 1. The van der Waals surface area contributed by atoms with Crippen LogP contribution in [0.2, 0.25) is 0 Å². The Kier molecular flexibility index (Phi) is 3.98. The summed E-state index contributed by atoms with van der Waals surface area (Å²) in [7, 11) is 0. The Morgan fingerprint density at radius 1 is 1.23 bits per heavy atom. The summed E-state index contributed by atoms with van der Waals surface area (Å²) >= 11 is 1.42. The van der Waals surface area contributed by atoms with Gasteiger partial charge in [0.1, 0.15) is 0 Å². The van der Waals surface area contributed by atoms with Crippen molar-refractivity contribution in [3.8, 4) is 11.3 Å². The molecule has 0 atom stereocenters. The smallest absolute Gasteiger partial charge is 0.259 e. The molecule has 0 bridgehead atoms. The van der Waals surface area contributed by atoms with Crippen molar-refractivity contribution in [3.63, 3.8) is 0 Å². The van der Waals surface area contributed by atoms with Crippen LogP contribution < -0.4 is 5.32 Å². The maximum absolute atomic E-state index is 12.1. The van der Waals surface area contributed by atoms with Gasteiger partial charge in [0.05, 0.1) is 11.3 Å². The third-order valence-corrected chi connectivity index (χ3v) is 4.06. The monoisotopic (exact) mass is 309 g/mol. The quantitative estimate of drug-likeness (QED) is 0.793. The molecule has 22 heavy (non-hydrogen) atoms. The molecule has 0 aliphatic rings. The van der Waals surface area contributed by atoms with E-state index in [1.54, 1.807) is 18.3 Å². The number of aromatic nitrogens is 2. The minimum absolute atomic E-state index is 0.199. The van der Waals surface area contributed by atoms with Crippen molar-refractivity contribution in [2.24, 2.45) is 0 Å². The van der Waals surface area contributed by atoms with Gasteiger partial charge in [-0.05, 0) is 31.5 Å². The average molecular weight is 309 g/mol. The van der Waals surface area contributed by atoms with E-state index in [-0.39, 0.29) is 5.91 Å². The SMILES string of the molecule is Cc1ccc(-c2csc(NC(=O)c3cccnc3)n2)c(C)c1. The van der Waals surface area contributed by atoms with Crippen LogP contribution in [0.15, 0.2) is 48.1 Å². The second kappa shape index (κ2) is 6.07. The van der Waals surface area contributed by atoms with E-state index in [1.165, 1.54) is 28.7 Å². The first kappa shape index (κ1) is 14.4. The lowest BCUT2D eigenvalue weighted by atomic mass is 10.0. The summed E-state index contributed by atoms with van der Waals surface area (Å²) in [5, 5.41) is 5.35. The fourth-order valence-electron chi connectivity index (χ4n) is 2.22. The number of rotatable bonds is 3. The molecule has 0 saturated heterocycles. The Hall–Kier alpha value is -2.53. The van der Waals surface area contributed by atoms with Crippen LogP contribution in [0, 0.1) is 13.8 Å². The largest absolute Gasteiger partial charge is 0.298 e. The van der Waals surface area contributed by atoms with E-state index in [0.29, 0.717) is 10.7 Å². The molecule has 1 aromatic carbocycles. The van der Waals surface area contributed by atoms with Gasteiger partial charge in [-0.2, -0.15) is 0 Å². The average Bonchev–Trinajstić information content (AvgIpc) is 2.96. The van der Waals surface area contributed by atoms with E-state index in [4.69, 9.17) is 0 Å². The summed E-state index contributed by atoms with van der Waals surface area (Å²) in [4.78, 5) is 20.5. The van der Waals surface area contributed by atoms with Crippen LogP contribution in [0.1, 0.15) is 21.5 Å². The van der Waals surface area contributed by atoms with E-state index >= 15 is 0 Å². The predicted octanol–water partition coefficient (Wildman–Crippen LogP) is 4.07. The second-order valence-electron chi connectivity index (χ2n) is 5.05. The molecule has 3 aromatic rings. The summed E-state index contributed by atoms with van der Waals surface area (Å²) < 4.78 is 0. The van der Waals surface area contributed by atoms with E-state index in [2.05, 4.69) is 47.3 Å². The molecule has 0 radical (unpaired) electrons. The molecule has 0 unspecified atom stereocenters. The fraction of sp³-hybridized carbons (Fsp3) is 0.118. The van der Waals surface area contributed by atoms with Crippen molar-refractivity contribution in [2.75, 3.05) is 5.32 Å². The number of nitrogens with zero attached hydrogens (tertiary/aromatic N) is 2. The Bertz CT molecular complexity index is 812. The fourth-order valence-corrected chi connectivity index (χ4v) is 2.93. The van der Waals surface area contributed by atoms with Gasteiger partial charge in [0, 0.05) is 23.3 Å². The van der Waals surface area contributed by atoms with E-state index in [0.717, 1.165) is 11.3 Å². The Morgan fingerprint density at radius 3 is 2.82 bits per heavy atom. The summed E-state index contributed by atoms with van der Waals surface area (Å²) in [6, 6.07) is 9.71. The summed E-state index contributed by atoms with van der Waals surface area (Å²) in [5.41, 5.74) is 4.88. The van der Waals surface area contributed by atoms with Crippen LogP contribution >= 0.6 is 11.3 Å². The van der Waals surface area contributed by atoms with E-state index in [9.17, 15) is 4.79 Å². The zero-order valence-electron chi connectivity index (χ0n) is 12.3. The lowest BCUT2D eigenvalue weighted by Crippen LogP contribution is -2.11. The van der Waals surface area contributed by atoms with E-state index in [1.807, 2.05) is 5.38 Å². The zero-order valence-corrected chi connectivity index (χ0v) is 13.1. The lowest BCUT2D eigenvalue weighted by molar-refractivity contribution is 0.102. The highest BCUT2D eigenvalue weighted by molar-refractivity contribution is 7.14. The Morgan fingerprint density at radius 2 is 2.09 bits per heavy atom. The van der Waals surface area contributed by atoms with E-state index < -0.39 is 0 Å². The molecule has 0 aliphatic heterocycles. The maximum atomic E-state index is 12.1. The first-order chi connectivity index (χ1) is 10.6. The highest BCUT2D eigenvalue weighted by atomic mass is 32.1. The molecule has 2 aromatic heterocycles. The maximum Gasteiger partial charge on any atom is 0.259 e. The van der Waals surface area contributed by atoms with Crippen molar-refractivity contribution >= 4 is 22.4 Å². The normalized spacial score (nSPS) is 10.5. The van der Waals surface area contributed by atoms with Crippen LogP contribution in [0.3, 0.4) is 0 Å². The first-order valence-corrected chi connectivity index (χ1v) is 7.76. The van der Waals surface area contributed by atoms with Gasteiger partial charge < -0.3 is 0 Å². The highest BCUT2D eigenvalue weighted by Crippen LogP contribution is 2.28. The van der Waals surface area contributed by atoms with Crippen molar-refractivity contribution in [2.45, 2.75) is 13.8 Å². The predicted molar refractivity (Wildman–Crippen MR) is 89.2 cm³/mol. The summed E-state index contributed by atoms with van der Waals surface area (Å²) in [5.74, 6) is -0.199. The van der Waals surface area contributed by atoms with Crippen LogP contribution in [0.5, 0.6) is 0 Å². The van der Waals surface area contributed by atoms with Gasteiger partial charge in [-0.25, -0.2) is 4.98 Å². The molecule has 2 heterocycles. The van der Waals surface area contributed by atoms with Crippen LogP contribution in [-0.4, -0.2) is 15.9 Å². The molecule has 0 aliphatic carbocycles. The van der Waals surface area contributed by atoms with Crippen molar-refractivity contribution in [1.29, 1.82) is 0 Å². The van der Waals surface area contributed by atoms with Gasteiger partial charge in [0.25, 0.3) is 5.91 Å². The number of pyridine rings is 1. The molecule has 110 valence electrons. The Labute approximate surface area is 132 Å². The third kappa shape index (κ3) is 3.04. The number of amides is 1. The molecule has 1 N–H and O–H groups in total. The van der Waals surface area contributed by atoms with Gasteiger partial charge >= 0.3 is 0 Å². The molecule has 1 amide bonds. The lowest BCUT2D eigenvalue weighted by Gasteiger charge is -2.04. The molecule has 5 heteroatoms. The number of nitrogens with one attached hydrogen (secondary N) is 1. The topological polar surface area (TPSA) is 54.9 Å². The van der Waals surface area contributed by atoms with Gasteiger partial charge in [0.15, 0.2) is 5.13 Å². The summed E-state index contributed by atoms with van der Waals surface area (Å²) in [6.45, 7) is 4.13. The van der Waals surface area contributed by atoms with Crippen LogP contribution in [0.4, 0.5) is 5.13 Å². The summed E-state index contributed by atoms with van der Waals surface area (Å²) in [6.07, 6.45) is 3.17. The number of aryl methyl sites for hydroxylation is 2. The second-order valence-corrected chi connectivity index (χ2v) is 5.91. The van der Waals surface area contributed by atoms with Gasteiger partial charge in [0.2, 0.25) is 0 Å². The van der Waals surface area contributed by atoms with Crippen molar-refractivity contribution in [3.05, 3.63) is 64.8 Å². The van der Waals surface area contributed by atoms with Crippen LogP contribution in [0.25, 0.3) is 11.3 Å². The number of thiazole rings is 1. The number of anilines is 1. The minimum Gasteiger partial charge on any atom is -0.298 e. The first-order valence-electron chi connectivity index (χ1n) is 6.88. The molecule has 4 nitrogen and oxygen atoms in total. The van der Waals surface area contributed by atoms with Gasteiger partial charge in [-0.3, -0.25) is 15.1 Å². The molecular formula is C17H15N3OS. The molecule has 0 saturated carbocycles. The van der Waals surface area contributed by atoms with Crippen molar-refractivity contribution in [1.82, 2.24) is 9.97 Å². The minimum atomic E-state index is -0.199. The van der Waals surface area contributed by atoms with Gasteiger partial charge in [-0.1, -0.05) is 23.8 Å². The highest BCUT2D eigenvalue weighted by Gasteiger charge is 2.11. The molecular weight excluding hydrogens is 294 g/mol. The zero-order chi connectivity index (χ0) is 15.5. The number of hydrogen-bond acceptors (Lipinski definition) is 4. The molecule has 0 spiro atoms.